The summed E-state index contributed by atoms with van der Waals surface area (Å²) in [5.74, 6) is 2.29. The smallest absolute Gasteiger partial charge is 0.335 e. The lowest BCUT2D eigenvalue weighted by Gasteiger charge is -2.63. The summed E-state index contributed by atoms with van der Waals surface area (Å²) >= 11 is 1.26. The average Bonchev–Trinajstić information content (AvgIpc) is 3.43. The van der Waals surface area contributed by atoms with Gasteiger partial charge in [-0.15, -0.1) is 0 Å². The molecule has 10 nitrogen and oxygen atoms in total. The first-order valence-electron chi connectivity index (χ1n) is 17.1. The fourth-order valence-electron chi connectivity index (χ4n) is 7.60. The maximum Gasteiger partial charge on any atom is 0.335 e. The Morgan fingerprint density at radius 2 is 1.86 bits per heavy atom. The van der Waals surface area contributed by atoms with Crippen LogP contribution in [0.4, 0.5) is 5.95 Å². The lowest BCUT2D eigenvalue weighted by Crippen LogP contribution is -2.55. The predicted octanol–water partition coefficient (Wildman–Crippen LogP) is 8.11. The van der Waals surface area contributed by atoms with E-state index in [-0.39, 0.29) is 11.6 Å². The third-order valence-electron chi connectivity index (χ3n) is 10.4. The van der Waals surface area contributed by atoms with E-state index in [1.807, 2.05) is 24.4 Å². The Kier molecular flexibility index (Phi) is 8.49. The van der Waals surface area contributed by atoms with Crippen molar-refractivity contribution < 1.29 is 19.1 Å². The van der Waals surface area contributed by atoms with Crippen LogP contribution in [-0.4, -0.2) is 43.7 Å². The number of carboxylic acid groups (broad SMARTS) is 1. The van der Waals surface area contributed by atoms with Gasteiger partial charge in [-0.25, -0.2) is 19.7 Å². The average molecular weight is 677 g/mol. The molecule has 0 amide bonds. The van der Waals surface area contributed by atoms with Crippen LogP contribution in [0.25, 0.3) is 22.5 Å². The van der Waals surface area contributed by atoms with Gasteiger partial charge < -0.3 is 19.6 Å². The molecule has 1 atom stereocenters. The van der Waals surface area contributed by atoms with Gasteiger partial charge in [0.05, 0.1) is 23.1 Å². The van der Waals surface area contributed by atoms with E-state index in [1.54, 1.807) is 18.2 Å². The van der Waals surface area contributed by atoms with Gasteiger partial charge in [-0.3, -0.25) is 4.72 Å². The lowest BCUT2D eigenvalue weighted by atomic mass is 9.43. The van der Waals surface area contributed by atoms with Crippen molar-refractivity contribution in [3.8, 4) is 17.1 Å². The van der Waals surface area contributed by atoms with Gasteiger partial charge in [-0.2, -0.15) is 4.98 Å². The van der Waals surface area contributed by atoms with Gasteiger partial charge in [0.15, 0.2) is 0 Å². The predicted molar refractivity (Wildman–Crippen MR) is 189 cm³/mol. The van der Waals surface area contributed by atoms with Crippen LogP contribution in [-0.2, 0) is 6.54 Å². The molecule has 0 radical (unpaired) electrons. The van der Waals surface area contributed by atoms with E-state index in [0.29, 0.717) is 42.0 Å². The van der Waals surface area contributed by atoms with Crippen LogP contribution in [0.3, 0.4) is 0 Å². The molecule has 4 aliphatic carbocycles. The largest absolute Gasteiger partial charge is 0.478 e. The highest BCUT2D eigenvalue weighted by Crippen LogP contribution is 2.66. The number of carbonyl (C=O) groups is 1. The normalized spacial score (nSPS) is 20.2. The number of anilines is 1. The molecule has 49 heavy (non-hydrogen) atoms. The molecule has 252 valence electrons. The Hall–Kier alpha value is -4.48. The second-order valence-electron chi connectivity index (χ2n) is 14.1. The van der Waals surface area contributed by atoms with Crippen molar-refractivity contribution in [2.45, 2.75) is 82.2 Å². The number of aryl methyl sites for hydroxylation is 2. The number of rotatable bonds is 14. The highest BCUT2D eigenvalue weighted by atomic mass is 32.2. The summed E-state index contributed by atoms with van der Waals surface area (Å²) in [7, 11) is 0. The van der Waals surface area contributed by atoms with Gasteiger partial charge in [0.2, 0.25) is 17.5 Å². The Labute approximate surface area is 289 Å². The summed E-state index contributed by atoms with van der Waals surface area (Å²) in [6, 6.07) is 17.0. The molecule has 0 spiro atoms. The standard InChI is InChI=1S/C38H40N6O4S/c1-22-6-3-7-23(2)34(22)30-14-33(43-37(42-30)44-49-29-11-5-10-26(12-29)36(45)46)47-21-27(18-38-15-24(16-38)17-38)39-19-28-20-40-35-31(41-28)13-32(48-35)25-8-4-9-25/h3,5-7,10-14,20,24-25,27,39H,4,8-9,15-19,21H2,1-2H3,(H,45,46)(H,42,43,44). The van der Waals surface area contributed by atoms with Crippen LogP contribution in [0.1, 0.15) is 83.8 Å². The van der Waals surface area contributed by atoms with E-state index in [0.717, 1.165) is 56.6 Å². The Morgan fingerprint density at radius 3 is 2.57 bits per heavy atom. The fraction of sp³-hybridized carbons (Fsp3) is 0.395. The zero-order valence-electron chi connectivity index (χ0n) is 27.7. The van der Waals surface area contributed by atoms with Crippen molar-refractivity contribution in [3.05, 3.63) is 88.9 Å². The van der Waals surface area contributed by atoms with Crippen LogP contribution in [0, 0.1) is 25.2 Å². The number of aromatic carboxylic acids is 1. The first-order valence-corrected chi connectivity index (χ1v) is 17.9. The maximum absolute atomic E-state index is 11.5. The van der Waals surface area contributed by atoms with Gasteiger partial charge in [-0.05, 0) is 105 Å². The third-order valence-corrected chi connectivity index (χ3v) is 11.2. The topological polar surface area (TPSA) is 135 Å². The maximum atomic E-state index is 11.5. The molecular weight excluding hydrogens is 637 g/mol. The number of furan rings is 1. The first kappa shape index (κ1) is 31.8. The molecule has 4 aliphatic rings. The molecule has 5 aromatic rings. The Morgan fingerprint density at radius 1 is 1.06 bits per heavy atom. The SMILES string of the molecule is Cc1cccc(C)c1-c1cc(OCC(CC23CC(C2)C3)NCc2cnc3oc(C4CCC4)cc3n2)nc(NSc2cccc(C(=O)O)c2)n1. The highest BCUT2D eigenvalue weighted by Gasteiger charge is 2.56. The fourth-order valence-corrected chi connectivity index (χ4v) is 8.23. The zero-order chi connectivity index (χ0) is 33.5. The van der Waals surface area contributed by atoms with E-state index >= 15 is 0 Å². The third kappa shape index (κ3) is 6.74. The van der Waals surface area contributed by atoms with Gasteiger partial charge >= 0.3 is 5.97 Å². The Balaban J connectivity index is 1.01. The van der Waals surface area contributed by atoms with Crippen LogP contribution in [0.2, 0.25) is 0 Å². The van der Waals surface area contributed by atoms with Crippen molar-refractivity contribution in [2.24, 2.45) is 11.3 Å². The minimum absolute atomic E-state index is 0.0942. The number of fused-ring (bicyclic) bond motifs is 1. The number of nitrogens with zero attached hydrogens (tertiary/aromatic N) is 4. The van der Waals surface area contributed by atoms with Crippen LogP contribution >= 0.6 is 11.9 Å². The summed E-state index contributed by atoms with van der Waals surface area (Å²) in [5, 5.41) is 13.2. The molecule has 3 N–H and O–H groups in total. The highest BCUT2D eigenvalue weighted by molar-refractivity contribution is 8.00. The summed E-state index contributed by atoms with van der Waals surface area (Å²) in [5.41, 5.74) is 6.95. The van der Waals surface area contributed by atoms with Crippen molar-refractivity contribution in [1.82, 2.24) is 25.3 Å². The minimum atomic E-state index is -0.972. The number of aromatic nitrogens is 4. The van der Waals surface area contributed by atoms with Crippen molar-refractivity contribution in [2.75, 3.05) is 11.3 Å². The quantitative estimate of drug-likeness (QED) is 0.0985. The van der Waals surface area contributed by atoms with Crippen molar-refractivity contribution in [3.63, 3.8) is 0 Å². The number of nitrogens with one attached hydrogen (secondary N) is 2. The van der Waals surface area contributed by atoms with Crippen molar-refractivity contribution >= 4 is 35.1 Å². The summed E-state index contributed by atoms with van der Waals surface area (Å²) in [6.07, 6.45) is 10.3. The molecule has 2 aromatic carbocycles. The van der Waals surface area contributed by atoms with E-state index in [1.165, 1.54) is 50.5 Å². The minimum Gasteiger partial charge on any atom is -0.478 e. The molecular formula is C38H40N6O4S. The van der Waals surface area contributed by atoms with E-state index in [2.05, 4.69) is 47.1 Å². The van der Waals surface area contributed by atoms with E-state index in [4.69, 9.17) is 24.1 Å². The molecule has 4 saturated carbocycles. The molecule has 1 unspecified atom stereocenters. The van der Waals surface area contributed by atoms with Crippen LogP contribution in [0.5, 0.6) is 5.88 Å². The van der Waals surface area contributed by atoms with E-state index in [9.17, 15) is 9.90 Å². The second-order valence-corrected chi connectivity index (χ2v) is 15.0. The zero-order valence-corrected chi connectivity index (χ0v) is 28.6. The van der Waals surface area contributed by atoms with Crippen LogP contribution in [0.15, 0.2) is 70.1 Å². The second kappa shape index (κ2) is 13.1. The molecule has 11 heteroatoms. The summed E-state index contributed by atoms with van der Waals surface area (Å²) < 4.78 is 15.7. The molecule has 3 heterocycles. The molecule has 0 aliphatic heterocycles. The molecule has 3 aromatic heterocycles. The molecule has 0 saturated heterocycles. The molecule has 9 rings (SSSR count). The van der Waals surface area contributed by atoms with Gasteiger partial charge in [-0.1, -0.05) is 30.7 Å². The molecule has 2 bridgehead atoms. The number of ether oxygens (including phenoxy) is 1. The summed E-state index contributed by atoms with van der Waals surface area (Å²) in [6.45, 7) is 5.17. The van der Waals surface area contributed by atoms with Gasteiger partial charge in [0, 0.05) is 41.1 Å². The van der Waals surface area contributed by atoms with Crippen molar-refractivity contribution in [1.29, 1.82) is 0 Å². The van der Waals surface area contributed by atoms with E-state index < -0.39 is 5.97 Å². The number of hydrogen-bond donors (Lipinski definition) is 3. The number of carboxylic acids is 1. The number of hydrogen-bond acceptors (Lipinski definition) is 10. The lowest BCUT2D eigenvalue weighted by molar-refractivity contribution is -0.119. The van der Waals surface area contributed by atoms with Crippen LogP contribution < -0.4 is 14.8 Å². The monoisotopic (exact) mass is 676 g/mol. The number of benzene rings is 2. The Bertz CT molecular complexity index is 1990. The molecule has 4 fully saturated rings. The van der Waals surface area contributed by atoms with Gasteiger partial charge in [0.1, 0.15) is 17.9 Å². The first-order chi connectivity index (χ1) is 23.8. The van der Waals surface area contributed by atoms with Gasteiger partial charge in [0.25, 0.3) is 0 Å². The summed E-state index contributed by atoms with van der Waals surface area (Å²) in [4.78, 5) is 31.3.